The number of aromatic nitrogens is 2. The Morgan fingerprint density at radius 1 is 1.14 bits per heavy atom. The highest BCUT2D eigenvalue weighted by Crippen LogP contribution is 2.18. The third-order valence-electron chi connectivity index (χ3n) is 4.22. The van der Waals surface area contributed by atoms with E-state index in [1.54, 1.807) is 0 Å². The van der Waals surface area contributed by atoms with Gasteiger partial charge in [0.15, 0.2) is 0 Å². The van der Waals surface area contributed by atoms with Crippen molar-refractivity contribution >= 4 is 5.95 Å². The van der Waals surface area contributed by atoms with Crippen LogP contribution in [0, 0.1) is 6.92 Å². The first-order valence-electron chi connectivity index (χ1n) is 8.05. The SMILES string of the molecule is Cc1ccnc(N2CCCN(Cc3ccccc3)CC2C)n1. The van der Waals surface area contributed by atoms with Crippen molar-refractivity contribution in [3.05, 3.63) is 53.9 Å². The molecule has 0 bridgehead atoms. The Labute approximate surface area is 132 Å². The third-order valence-corrected chi connectivity index (χ3v) is 4.22. The summed E-state index contributed by atoms with van der Waals surface area (Å²) in [7, 11) is 0. The summed E-state index contributed by atoms with van der Waals surface area (Å²) in [5.74, 6) is 0.870. The van der Waals surface area contributed by atoms with E-state index >= 15 is 0 Å². The number of benzene rings is 1. The lowest BCUT2D eigenvalue weighted by molar-refractivity contribution is 0.268. The molecule has 1 unspecified atom stereocenters. The van der Waals surface area contributed by atoms with Gasteiger partial charge in [-0.3, -0.25) is 4.90 Å². The van der Waals surface area contributed by atoms with Gasteiger partial charge in [0.2, 0.25) is 5.95 Å². The van der Waals surface area contributed by atoms with E-state index in [1.807, 2.05) is 19.2 Å². The summed E-state index contributed by atoms with van der Waals surface area (Å²) in [5, 5.41) is 0. The summed E-state index contributed by atoms with van der Waals surface area (Å²) in [4.78, 5) is 13.9. The smallest absolute Gasteiger partial charge is 0.225 e. The molecule has 1 aromatic carbocycles. The summed E-state index contributed by atoms with van der Waals surface area (Å²) < 4.78 is 0. The Morgan fingerprint density at radius 2 is 1.95 bits per heavy atom. The van der Waals surface area contributed by atoms with Crippen LogP contribution in [0.5, 0.6) is 0 Å². The summed E-state index contributed by atoms with van der Waals surface area (Å²) >= 11 is 0. The largest absolute Gasteiger partial charge is 0.337 e. The zero-order valence-electron chi connectivity index (χ0n) is 13.4. The minimum absolute atomic E-state index is 0.424. The van der Waals surface area contributed by atoms with E-state index < -0.39 is 0 Å². The molecule has 3 rings (SSSR count). The number of hydrogen-bond acceptors (Lipinski definition) is 4. The maximum absolute atomic E-state index is 4.59. The first kappa shape index (κ1) is 15.0. The van der Waals surface area contributed by atoms with Crippen molar-refractivity contribution in [1.82, 2.24) is 14.9 Å². The van der Waals surface area contributed by atoms with Gasteiger partial charge >= 0.3 is 0 Å². The molecule has 2 heterocycles. The Kier molecular flexibility index (Phi) is 4.68. The molecule has 0 spiro atoms. The van der Waals surface area contributed by atoms with Crippen LogP contribution in [0.3, 0.4) is 0 Å². The molecule has 1 atom stereocenters. The number of hydrogen-bond donors (Lipinski definition) is 0. The lowest BCUT2D eigenvalue weighted by atomic mass is 10.2. The molecule has 0 N–H and O–H groups in total. The van der Waals surface area contributed by atoms with Crippen LogP contribution in [0.4, 0.5) is 5.95 Å². The fourth-order valence-corrected chi connectivity index (χ4v) is 3.10. The number of anilines is 1. The Hall–Kier alpha value is -1.94. The molecule has 1 aliphatic heterocycles. The van der Waals surface area contributed by atoms with Gasteiger partial charge in [-0.1, -0.05) is 30.3 Å². The van der Waals surface area contributed by atoms with E-state index in [0.717, 1.165) is 44.2 Å². The predicted octanol–water partition coefficient (Wildman–Crippen LogP) is 2.89. The second kappa shape index (κ2) is 6.88. The molecular weight excluding hydrogens is 272 g/mol. The average molecular weight is 296 g/mol. The van der Waals surface area contributed by atoms with Gasteiger partial charge in [0, 0.05) is 44.1 Å². The average Bonchev–Trinajstić information content (AvgIpc) is 2.69. The highest BCUT2D eigenvalue weighted by atomic mass is 15.3. The van der Waals surface area contributed by atoms with E-state index in [1.165, 1.54) is 5.56 Å². The van der Waals surface area contributed by atoms with Crippen LogP contribution in [-0.2, 0) is 6.54 Å². The van der Waals surface area contributed by atoms with Crippen LogP contribution >= 0.6 is 0 Å². The van der Waals surface area contributed by atoms with E-state index in [0.29, 0.717) is 6.04 Å². The second-order valence-corrected chi connectivity index (χ2v) is 6.11. The van der Waals surface area contributed by atoms with Gasteiger partial charge in [0.1, 0.15) is 0 Å². The first-order chi connectivity index (χ1) is 10.7. The summed E-state index contributed by atoms with van der Waals surface area (Å²) in [6, 6.07) is 13.1. The Balaban J connectivity index is 1.69. The van der Waals surface area contributed by atoms with Crippen LogP contribution in [0.2, 0.25) is 0 Å². The van der Waals surface area contributed by atoms with E-state index in [2.05, 4.69) is 57.0 Å². The Bertz CT molecular complexity index is 599. The fraction of sp³-hybridized carbons (Fsp3) is 0.444. The normalized spacial score (nSPS) is 19.9. The molecule has 4 nitrogen and oxygen atoms in total. The van der Waals surface area contributed by atoms with Crippen LogP contribution in [0.15, 0.2) is 42.6 Å². The van der Waals surface area contributed by atoms with Gasteiger partial charge in [0.25, 0.3) is 0 Å². The van der Waals surface area contributed by atoms with Gasteiger partial charge in [0.05, 0.1) is 0 Å². The summed E-state index contributed by atoms with van der Waals surface area (Å²) in [5.41, 5.74) is 2.41. The molecule has 2 aromatic rings. The topological polar surface area (TPSA) is 32.3 Å². The van der Waals surface area contributed by atoms with Gasteiger partial charge in [-0.25, -0.2) is 9.97 Å². The first-order valence-corrected chi connectivity index (χ1v) is 8.05. The van der Waals surface area contributed by atoms with Crippen molar-refractivity contribution in [2.45, 2.75) is 32.9 Å². The van der Waals surface area contributed by atoms with Crippen LogP contribution < -0.4 is 4.90 Å². The van der Waals surface area contributed by atoms with Crippen LogP contribution in [0.1, 0.15) is 24.6 Å². The Morgan fingerprint density at radius 3 is 2.73 bits per heavy atom. The van der Waals surface area contributed by atoms with Crippen LogP contribution in [0.25, 0.3) is 0 Å². The van der Waals surface area contributed by atoms with Crippen molar-refractivity contribution in [1.29, 1.82) is 0 Å². The van der Waals surface area contributed by atoms with Crippen LogP contribution in [-0.4, -0.2) is 40.5 Å². The predicted molar refractivity (Wildman–Crippen MR) is 89.9 cm³/mol. The number of aryl methyl sites for hydroxylation is 1. The standard InChI is InChI=1S/C18H24N4/c1-15-9-10-19-18(20-15)22-12-6-11-21(13-16(22)2)14-17-7-4-3-5-8-17/h3-5,7-10,16H,6,11-14H2,1-2H3. The van der Waals surface area contributed by atoms with Crippen molar-refractivity contribution in [2.24, 2.45) is 0 Å². The molecule has 4 heteroatoms. The minimum atomic E-state index is 0.424. The zero-order valence-corrected chi connectivity index (χ0v) is 13.4. The van der Waals surface area contributed by atoms with Gasteiger partial charge in [-0.2, -0.15) is 0 Å². The minimum Gasteiger partial charge on any atom is -0.337 e. The molecule has 1 aromatic heterocycles. The molecular formula is C18H24N4. The molecule has 0 aliphatic carbocycles. The molecule has 116 valence electrons. The van der Waals surface area contributed by atoms with Crippen molar-refractivity contribution < 1.29 is 0 Å². The highest BCUT2D eigenvalue weighted by Gasteiger charge is 2.23. The zero-order chi connectivity index (χ0) is 15.4. The molecule has 1 saturated heterocycles. The lowest BCUT2D eigenvalue weighted by Crippen LogP contribution is -2.39. The number of rotatable bonds is 3. The molecule has 1 fully saturated rings. The van der Waals surface area contributed by atoms with Gasteiger partial charge in [-0.05, 0) is 31.9 Å². The molecule has 22 heavy (non-hydrogen) atoms. The van der Waals surface area contributed by atoms with Gasteiger partial charge in [-0.15, -0.1) is 0 Å². The molecule has 0 saturated carbocycles. The van der Waals surface area contributed by atoms with E-state index in [4.69, 9.17) is 0 Å². The lowest BCUT2D eigenvalue weighted by Gasteiger charge is -2.29. The maximum atomic E-state index is 4.59. The van der Waals surface area contributed by atoms with Crippen molar-refractivity contribution in [3.63, 3.8) is 0 Å². The van der Waals surface area contributed by atoms with Gasteiger partial charge < -0.3 is 4.90 Å². The second-order valence-electron chi connectivity index (χ2n) is 6.11. The highest BCUT2D eigenvalue weighted by molar-refractivity contribution is 5.32. The van der Waals surface area contributed by atoms with Crippen molar-refractivity contribution in [2.75, 3.05) is 24.5 Å². The maximum Gasteiger partial charge on any atom is 0.225 e. The van der Waals surface area contributed by atoms with E-state index in [-0.39, 0.29) is 0 Å². The molecule has 0 radical (unpaired) electrons. The molecule has 1 aliphatic rings. The summed E-state index contributed by atoms with van der Waals surface area (Å²) in [6.07, 6.45) is 3.01. The number of nitrogens with zero attached hydrogens (tertiary/aromatic N) is 4. The fourth-order valence-electron chi connectivity index (χ4n) is 3.10. The summed E-state index contributed by atoms with van der Waals surface area (Å²) in [6.45, 7) is 8.52. The quantitative estimate of drug-likeness (QED) is 0.872. The molecule has 0 amide bonds. The monoisotopic (exact) mass is 296 g/mol. The van der Waals surface area contributed by atoms with E-state index in [9.17, 15) is 0 Å². The third kappa shape index (κ3) is 3.63. The van der Waals surface area contributed by atoms with Crippen molar-refractivity contribution in [3.8, 4) is 0 Å².